The van der Waals surface area contributed by atoms with Crippen LogP contribution in [0.2, 0.25) is 0 Å². The molecule has 0 aliphatic rings. The molecule has 25 heavy (non-hydrogen) atoms. The van der Waals surface area contributed by atoms with Gasteiger partial charge in [0.25, 0.3) is 5.91 Å². The average molecular weight is 357 g/mol. The van der Waals surface area contributed by atoms with E-state index in [9.17, 15) is 22.4 Å². The first-order chi connectivity index (χ1) is 11.4. The summed E-state index contributed by atoms with van der Waals surface area (Å²) in [7, 11) is 1.61. The summed E-state index contributed by atoms with van der Waals surface area (Å²) >= 11 is 0. The summed E-state index contributed by atoms with van der Waals surface area (Å²) < 4.78 is 52.9. The molecule has 0 radical (unpaired) electrons. The fraction of sp³-hybridized carbons (Fsp3) is 0.412. The van der Waals surface area contributed by atoms with Crippen LogP contribution in [0, 0.1) is 5.82 Å². The number of carbonyl (C=O) groups excluding carboxylic acids is 1. The van der Waals surface area contributed by atoms with Gasteiger partial charge in [-0.15, -0.1) is 0 Å². The molecular weight excluding hydrogens is 338 g/mol. The van der Waals surface area contributed by atoms with E-state index in [2.05, 4.69) is 10.4 Å². The summed E-state index contributed by atoms with van der Waals surface area (Å²) in [6.45, 7) is 5.61. The highest BCUT2D eigenvalue weighted by Gasteiger charge is 2.31. The molecule has 0 saturated carbocycles. The Balaban J connectivity index is 2.16. The highest BCUT2D eigenvalue weighted by atomic mass is 19.4. The molecule has 0 saturated heterocycles. The van der Waals surface area contributed by atoms with Crippen molar-refractivity contribution in [1.82, 2.24) is 15.1 Å². The van der Waals surface area contributed by atoms with Crippen LogP contribution in [0.5, 0.6) is 0 Å². The van der Waals surface area contributed by atoms with Crippen LogP contribution in [0.25, 0.3) is 0 Å². The van der Waals surface area contributed by atoms with E-state index in [1.54, 1.807) is 13.1 Å². The maximum Gasteiger partial charge on any atom is 0.416 e. The normalized spacial score (nSPS) is 12.3. The number of aromatic nitrogens is 2. The SMILES string of the molecule is Cn1nc(C(C)(C)C)cc1C(=O)NCc1cc(F)cc(C(F)(F)F)c1. The number of hydrogen-bond donors (Lipinski definition) is 1. The first-order valence-electron chi connectivity index (χ1n) is 7.57. The molecule has 1 heterocycles. The molecule has 0 bridgehead atoms. The van der Waals surface area contributed by atoms with Crippen molar-refractivity contribution in [2.24, 2.45) is 7.05 Å². The highest BCUT2D eigenvalue weighted by molar-refractivity contribution is 5.92. The third-order valence-electron chi connectivity index (χ3n) is 3.62. The van der Waals surface area contributed by atoms with Crippen LogP contribution in [-0.2, 0) is 25.2 Å². The average Bonchev–Trinajstić information content (AvgIpc) is 2.85. The molecule has 0 atom stereocenters. The van der Waals surface area contributed by atoms with Gasteiger partial charge in [-0.05, 0) is 29.8 Å². The van der Waals surface area contributed by atoms with Gasteiger partial charge in [0.2, 0.25) is 0 Å². The number of carbonyl (C=O) groups is 1. The Bertz CT molecular complexity index is 788. The van der Waals surface area contributed by atoms with E-state index in [0.29, 0.717) is 11.8 Å². The molecule has 2 aromatic rings. The second-order valence-electron chi connectivity index (χ2n) is 6.82. The number of hydrogen-bond acceptors (Lipinski definition) is 2. The lowest BCUT2D eigenvalue weighted by Gasteiger charge is -2.13. The van der Waals surface area contributed by atoms with Crippen molar-refractivity contribution in [1.29, 1.82) is 0 Å². The Labute approximate surface area is 142 Å². The topological polar surface area (TPSA) is 46.9 Å². The van der Waals surface area contributed by atoms with E-state index in [1.165, 1.54) is 4.68 Å². The smallest absolute Gasteiger partial charge is 0.347 e. The molecule has 0 fully saturated rings. The minimum atomic E-state index is -4.65. The third kappa shape index (κ3) is 4.58. The Kier molecular flexibility index (Phi) is 4.92. The van der Waals surface area contributed by atoms with Crippen LogP contribution in [0.1, 0.15) is 48.1 Å². The molecular formula is C17H19F4N3O. The maximum absolute atomic E-state index is 13.4. The number of alkyl halides is 3. The summed E-state index contributed by atoms with van der Waals surface area (Å²) in [4.78, 5) is 12.3. The maximum atomic E-state index is 13.4. The second kappa shape index (κ2) is 6.50. The second-order valence-corrected chi connectivity index (χ2v) is 6.82. The molecule has 1 N–H and O–H groups in total. The summed E-state index contributed by atoms with van der Waals surface area (Å²) in [5.74, 6) is -1.50. The molecule has 1 amide bonds. The van der Waals surface area contributed by atoms with E-state index in [1.807, 2.05) is 20.8 Å². The Morgan fingerprint density at radius 3 is 2.32 bits per heavy atom. The number of benzene rings is 1. The van der Waals surface area contributed by atoms with Crippen molar-refractivity contribution < 1.29 is 22.4 Å². The first-order valence-corrected chi connectivity index (χ1v) is 7.57. The predicted molar refractivity (Wildman–Crippen MR) is 84.5 cm³/mol. The molecule has 4 nitrogen and oxygen atoms in total. The van der Waals surface area contributed by atoms with E-state index < -0.39 is 23.5 Å². The predicted octanol–water partition coefficient (Wildman–Crippen LogP) is 3.81. The largest absolute Gasteiger partial charge is 0.416 e. The van der Waals surface area contributed by atoms with Crippen LogP contribution >= 0.6 is 0 Å². The molecule has 1 aromatic heterocycles. The minimum Gasteiger partial charge on any atom is -0.347 e. The standard InChI is InChI=1S/C17H19F4N3O/c1-16(2,3)14-8-13(24(4)23-14)15(25)22-9-10-5-11(17(19,20)21)7-12(18)6-10/h5-8H,9H2,1-4H3,(H,22,25). The van der Waals surface area contributed by atoms with Crippen LogP contribution in [0.3, 0.4) is 0 Å². The number of amides is 1. The lowest BCUT2D eigenvalue weighted by Crippen LogP contribution is -2.25. The first kappa shape index (κ1) is 19.0. The zero-order chi connectivity index (χ0) is 19.0. The van der Waals surface area contributed by atoms with Crippen molar-refractivity contribution in [2.75, 3.05) is 0 Å². The van der Waals surface area contributed by atoms with Gasteiger partial charge in [0.1, 0.15) is 11.5 Å². The van der Waals surface area contributed by atoms with Crippen LogP contribution in [-0.4, -0.2) is 15.7 Å². The van der Waals surface area contributed by atoms with Gasteiger partial charge in [-0.1, -0.05) is 20.8 Å². The minimum absolute atomic E-state index is 0.0267. The van der Waals surface area contributed by atoms with Gasteiger partial charge < -0.3 is 5.32 Å². The zero-order valence-electron chi connectivity index (χ0n) is 14.3. The van der Waals surface area contributed by atoms with E-state index in [0.717, 1.165) is 12.1 Å². The Morgan fingerprint density at radius 1 is 1.16 bits per heavy atom. The summed E-state index contributed by atoms with van der Waals surface area (Å²) in [6.07, 6.45) is -4.65. The van der Waals surface area contributed by atoms with Gasteiger partial charge in [-0.3, -0.25) is 9.48 Å². The fourth-order valence-electron chi connectivity index (χ4n) is 2.24. The highest BCUT2D eigenvalue weighted by Crippen LogP contribution is 2.30. The zero-order valence-corrected chi connectivity index (χ0v) is 14.3. The van der Waals surface area contributed by atoms with Crippen LogP contribution < -0.4 is 5.32 Å². The molecule has 2 rings (SSSR count). The van der Waals surface area contributed by atoms with Gasteiger partial charge >= 0.3 is 6.18 Å². The summed E-state index contributed by atoms with van der Waals surface area (Å²) in [5, 5.41) is 6.76. The summed E-state index contributed by atoms with van der Waals surface area (Å²) in [5.41, 5.74) is -0.325. The lowest BCUT2D eigenvalue weighted by molar-refractivity contribution is -0.137. The van der Waals surface area contributed by atoms with Crippen LogP contribution in [0.15, 0.2) is 24.3 Å². The van der Waals surface area contributed by atoms with E-state index >= 15 is 0 Å². The third-order valence-corrected chi connectivity index (χ3v) is 3.62. The Morgan fingerprint density at radius 2 is 1.80 bits per heavy atom. The van der Waals surface area contributed by atoms with Crippen molar-refractivity contribution in [3.8, 4) is 0 Å². The van der Waals surface area contributed by atoms with Gasteiger partial charge in [0.15, 0.2) is 0 Å². The van der Waals surface area contributed by atoms with E-state index in [-0.39, 0.29) is 23.2 Å². The molecule has 136 valence electrons. The van der Waals surface area contributed by atoms with Crippen molar-refractivity contribution in [2.45, 2.75) is 38.9 Å². The van der Waals surface area contributed by atoms with E-state index in [4.69, 9.17) is 0 Å². The number of aryl methyl sites for hydroxylation is 1. The molecule has 0 unspecified atom stereocenters. The molecule has 0 spiro atoms. The molecule has 1 aromatic carbocycles. The fourth-order valence-corrected chi connectivity index (χ4v) is 2.24. The monoisotopic (exact) mass is 357 g/mol. The van der Waals surface area contributed by atoms with Gasteiger partial charge in [-0.2, -0.15) is 18.3 Å². The quantitative estimate of drug-likeness (QED) is 0.850. The van der Waals surface area contributed by atoms with Gasteiger partial charge in [0.05, 0.1) is 11.3 Å². The molecule has 0 aliphatic carbocycles. The number of nitrogens with one attached hydrogen (secondary N) is 1. The van der Waals surface area contributed by atoms with Gasteiger partial charge in [-0.25, -0.2) is 4.39 Å². The van der Waals surface area contributed by atoms with Gasteiger partial charge in [0, 0.05) is 19.0 Å². The number of nitrogens with zero attached hydrogens (tertiary/aromatic N) is 2. The molecule has 0 aliphatic heterocycles. The Hall–Kier alpha value is -2.38. The summed E-state index contributed by atoms with van der Waals surface area (Å²) in [6, 6.07) is 3.82. The van der Waals surface area contributed by atoms with Crippen LogP contribution in [0.4, 0.5) is 17.6 Å². The van der Waals surface area contributed by atoms with Crippen molar-refractivity contribution in [3.63, 3.8) is 0 Å². The van der Waals surface area contributed by atoms with Crippen molar-refractivity contribution in [3.05, 3.63) is 52.6 Å². The molecule has 8 heteroatoms. The van der Waals surface area contributed by atoms with Crippen molar-refractivity contribution >= 4 is 5.91 Å². The lowest BCUT2D eigenvalue weighted by atomic mass is 9.92. The number of halogens is 4. The number of rotatable bonds is 3.